The molecule has 2 heterocycles. The number of carbonyl (C=O) groups is 1. The van der Waals surface area contributed by atoms with E-state index in [1.165, 1.54) is 0 Å². The fourth-order valence-corrected chi connectivity index (χ4v) is 3.42. The highest BCUT2D eigenvalue weighted by Crippen LogP contribution is 2.38. The Morgan fingerprint density at radius 3 is 2.15 bits per heavy atom. The molecule has 0 saturated carbocycles. The third kappa shape index (κ3) is 2.99. The zero-order valence-electron chi connectivity index (χ0n) is 15.3. The average molecular weight is 356 g/mol. The molecule has 0 N–H and O–H groups in total. The number of aryl methyl sites for hydroxylation is 1. The summed E-state index contributed by atoms with van der Waals surface area (Å²) < 4.78 is 7.33. The van der Waals surface area contributed by atoms with Crippen LogP contribution in [0.4, 0.5) is 0 Å². The monoisotopic (exact) mass is 356 g/mol. The molecule has 4 nitrogen and oxygen atoms in total. The lowest BCUT2D eigenvalue weighted by molar-refractivity contribution is 0.0526. The summed E-state index contributed by atoms with van der Waals surface area (Å²) in [6.45, 7) is 4.08. The second kappa shape index (κ2) is 7.08. The molecule has 27 heavy (non-hydrogen) atoms. The van der Waals surface area contributed by atoms with E-state index in [0.29, 0.717) is 12.2 Å². The Kier molecular flexibility index (Phi) is 4.47. The maximum atomic E-state index is 12.8. The van der Waals surface area contributed by atoms with Crippen molar-refractivity contribution < 1.29 is 9.53 Å². The number of carbonyl (C=O) groups excluding carboxylic acids is 1. The number of rotatable bonds is 4. The Morgan fingerprint density at radius 1 is 0.963 bits per heavy atom. The topological polar surface area (TPSA) is 43.6 Å². The van der Waals surface area contributed by atoms with Crippen LogP contribution in [0.1, 0.15) is 23.1 Å². The number of nitrogens with zero attached hydrogens (tertiary/aromatic N) is 2. The van der Waals surface area contributed by atoms with Gasteiger partial charge >= 0.3 is 5.97 Å². The highest BCUT2D eigenvalue weighted by atomic mass is 16.5. The minimum absolute atomic E-state index is 0.328. The Bertz CT molecular complexity index is 1100. The van der Waals surface area contributed by atoms with Crippen LogP contribution >= 0.6 is 0 Å². The van der Waals surface area contributed by atoms with Crippen LogP contribution in [-0.2, 0) is 4.74 Å². The zero-order chi connectivity index (χ0) is 18.8. The molecular weight excluding hydrogens is 336 g/mol. The Hall–Kier alpha value is -3.40. The molecular formula is C23H20N2O2. The van der Waals surface area contributed by atoms with Crippen molar-refractivity contribution in [1.82, 2.24) is 9.38 Å². The number of ether oxygens (including phenoxy) is 1. The van der Waals surface area contributed by atoms with Crippen molar-refractivity contribution in [2.75, 3.05) is 6.61 Å². The lowest BCUT2D eigenvalue weighted by Crippen LogP contribution is -2.10. The van der Waals surface area contributed by atoms with E-state index in [9.17, 15) is 4.79 Å². The van der Waals surface area contributed by atoms with Gasteiger partial charge in [-0.2, -0.15) is 0 Å². The van der Waals surface area contributed by atoms with Crippen LogP contribution in [0.2, 0.25) is 0 Å². The largest absolute Gasteiger partial charge is 0.462 e. The smallest absolute Gasteiger partial charge is 0.340 e. The SMILES string of the molecule is CCOC(=O)c1cn2c(C)ncc2c(-c2ccccc2)c1-c1ccccc1. The molecule has 2 aromatic heterocycles. The molecule has 0 saturated heterocycles. The van der Waals surface area contributed by atoms with Crippen LogP contribution in [-0.4, -0.2) is 22.0 Å². The molecule has 0 aliphatic rings. The van der Waals surface area contributed by atoms with Gasteiger partial charge in [0.15, 0.2) is 0 Å². The first kappa shape index (κ1) is 17.0. The molecule has 0 fully saturated rings. The van der Waals surface area contributed by atoms with E-state index in [4.69, 9.17) is 4.74 Å². The van der Waals surface area contributed by atoms with E-state index in [0.717, 1.165) is 33.6 Å². The van der Waals surface area contributed by atoms with Crippen LogP contribution in [0.3, 0.4) is 0 Å². The molecule has 2 aromatic carbocycles. The molecule has 0 atom stereocenters. The van der Waals surface area contributed by atoms with Crippen molar-refractivity contribution in [1.29, 1.82) is 0 Å². The molecule has 0 aliphatic heterocycles. The first-order valence-corrected chi connectivity index (χ1v) is 8.99. The Labute approximate surface area is 158 Å². The van der Waals surface area contributed by atoms with Gasteiger partial charge in [-0.3, -0.25) is 0 Å². The van der Waals surface area contributed by atoms with E-state index in [1.807, 2.05) is 79.2 Å². The number of hydrogen-bond donors (Lipinski definition) is 0. The van der Waals surface area contributed by atoms with E-state index in [1.54, 1.807) is 0 Å². The van der Waals surface area contributed by atoms with Crippen LogP contribution in [0.25, 0.3) is 27.8 Å². The van der Waals surface area contributed by atoms with E-state index in [2.05, 4.69) is 17.1 Å². The second-order valence-electron chi connectivity index (χ2n) is 6.31. The minimum atomic E-state index is -0.330. The molecule has 0 aliphatic carbocycles. The minimum Gasteiger partial charge on any atom is -0.462 e. The maximum absolute atomic E-state index is 12.8. The Morgan fingerprint density at radius 2 is 1.56 bits per heavy atom. The van der Waals surface area contributed by atoms with Crippen molar-refractivity contribution in [3.05, 3.63) is 84.4 Å². The van der Waals surface area contributed by atoms with Crippen molar-refractivity contribution in [2.24, 2.45) is 0 Å². The summed E-state index contributed by atoms with van der Waals surface area (Å²) in [5, 5.41) is 0. The summed E-state index contributed by atoms with van der Waals surface area (Å²) in [4.78, 5) is 17.3. The molecule has 0 spiro atoms. The van der Waals surface area contributed by atoms with Gasteiger partial charge in [0.1, 0.15) is 5.82 Å². The van der Waals surface area contributed by atoms with Gasteiger partial charge in [-0.15, -0.1) is 0 Å². The van der Waals surface area contributed by atoms with Crippen molar-refractivity contribution in [3.8, 4) is 22.3 Å². The van der Waals surface area contributed by atoms with Crippen LogP contribution in [0, 0.1) is 6.92 Å². The summed E-state index contributed by atoms with van der Waals surface area (Å²) in [5.74, 6) is 0.496. The number of aromatic nitrogens is 2. The molecule has 134 valence electrons. The van der Waals surface area contributed by atoms with E-state index >= 15 is 0 Å². The van der Waals surface area contributed by atoms with Gasteiger partial charge in [0.2, 0.25) is 0 Å². The van der Waals surface area contributed by atoms with Gasteiger partial charge in [0.05, 0.1) is 23.9 Å². The molecule has 4 heteroatoms. The van der Waals surface area contributed by atoms with Crippen LogP contribution in [0.15, 0.2) is 73.1 Å². The standard InChI is InChI=1S/C23H20N2O2/c1-3-27-23(26)19-15-25-16(2)24-14-20(25)22(18-12-8-5-9-13-18)21(19)17-10-6-4-7-11-17/h4-15H,3H2,1-2H3. The molecule has 0 radical (unpaired) electrons. The third-order valence-electron chi connectivity index (χ3n) is 4.64. The normalized spacial score (nSPS) is 10.9. The predicted octanol–water partition coefficient (Wildman–Crippen LogP) is 5.15. The van der Waals surface area contributed by atoms with Crippen molar-refractivity contribution in [2.45, 2.75) is 13.8 Å². The van der Waals surface area contributed by atoms with Gasteiger partial charge in [-0.1, -0.05) is 60.7 Å². The molecule has 0 bridgehead atoms. The summed E-state index contributed by atoms with van der Waals surface area (Å²) in [5.41, 5.74) is 5.36. The Balaban J connectivity index is 2.15. The summed E-state index contributed by atoms with van der Waals surface area (Å²) in [6.07, 6.45) is 3.70. The lowest BCUT2D eigenvalue weighted by Gasteiger charge is -2.17. The maximum Gasteiger partial charge on any atom is 0.340 e. The number of fused-ring (bicyclic) bond motifs is 1. The van der Waals surface area contributed by atoms with Gasteiger partial charge in [-0.25, -0.2) is 9.78 Å². The van der Waals surface area contributed by atoms with E-state index in [-0.39, 0.29) is 5.97 Å². The lowest BCUT2D eigenvalue weighted by atomic mass is 9.91. The average Bonchev–Trinajstić information content (AvgIpc) is 3.08. The van der Waals surface area contributed by atoms with Gasteiger partial charge in [0, 0.05) is 17.3 Å². The number of esters is 1. The highest BCUT2D eigenvalue weighted by Gasteiger charge is 2.23. The van der Waals surface area contributed by atoms with Gasteiger partial charge in [-0.05, 0) is 25.0 Å². The fourth-order valence-electron chi connectivity index (χ4n) is 3.42. The summed E-state index contributed by atoms with van der Waals surface area (Å²) in [7, 11) is 0. The predicted molar refractivity (Wildman–Crippen MR) is 107 cm³/mol. The van der Waals surface area contributed by atoms with Crippen LogP contribution < -0.4 is 0 Å². The first-order valence-electron chi connectivity index (χ1n) is 8.99. The summed E-state index contributed by atoms with van der Waals surface area (Å²) >= 11 is 0. The molecule has 4 aromatic rings. The van der Waals surface area contributed by atoms with Crippen molar-refractivity contribution in [3.63, 3.8) is 0 Å². The molecule has 0 amide bonds. The number of hydrogen-bond acceptors (Lipinski definition) is 3. The first-order chi connectivity index (χ1) is 13.2. The number of benzene rings is 2. The van der Waals surface area contributed by atoms with Crippen molar-refractivity contribution >= 4 is 11.5 Å². The highest BCUT2D eigenvalue weighted by molar-refractivity contribution is 6.05. The zero-order valence-corrected chi connectivity index (χ0v) is 15.3. The van der Waals surface area contributed by atoms with Gasteiger partial charge in [0.25, 0.3) is 0 Å². The number of imidazole rings is 1. The van der Waals surface area contributed by atoms with Crippen LogP contribution in [0.5, 0.6) is 0 Å². The summed E-state index contributed by atoms with van der Waals surface area (Å²) in [6, 6.07) is 20.1. The van der Waals surface area contributed by atoms with E-state index < -0.39 is 0 Å². The number of pyridine rings is 1. The quantitative estimate of drug-likeness (QED) is 0.475. The fraction of sp³-hybridized carbons (Fsp3) is 0.130. The third-order valence-corrected chi connectivity index (χ3v) is 4.64. The molecule has 4 rings (SSSR count). The molecule has 0 unspecified atom stereocenters. The second-order valence-corrected chi connectivity index (χ2v) is 6.31. The van der Waals surface area contributed by atoms with Gasteiger partial charge < -0.3 is 9.14 Å².